The van der Waals surface area contributed by atoms with Crippen molar-refractivity contribution < 1.29 is 9.51 Å². The predicted molar refractivity (Wildman–Crippen MR) is 76.0 cm³/mol. The Kier molecular flexibility index (Phi) is 2.58. The molecule has 9 heteroatoms. The molecule has 3 aromatic heterocycles. The minimum absolute atomic E-state index is 0.870. The van der Waals surface area contributed by atoms with Crippen LogP contribution in [-0.2, 0) is 0 Å². The van der Waals surface area contributed by atoms with Crippen molar-refractivity contribution in [2.45, 2.75) is 0 Å². The zero-order chi connectivity index (χ0) is 14.1. The third-order valence-electron chi connectivity index (χ3n) is 3.72. The molecule has 0 aromatic carbocycles. The SMILES string of the molecule is C1=C[NH+]([B-](n2cccn2)(n2cccn2)[n+]2ccc[nH]2)N=C1. The van der Waals surface area contributed by atoms with Crippen LogP contribution in [0.3, 0.4) is 0 Å². The Labute approximate surface area is 120 Å². The lowest BCUT2D eigenvalue weighted by atomic mass is 9.74. The zero-order valence-corrected chi connectivity index (χ0v) is 11.2. The maximum atomic E-state index is 4.52. The molecule has 21 heavy (non-hydrogen) atoms. The van der Waals surface area contributed by atoms with E-state index in [0.29, 0.717) is 0 Å². The first kappa shape index (κ1) is 11.9. The van der Waals surface area contributed by atoms with Crippen LogP contribution in [0.4, 0.5) is 0 Å². The lowest BCUT2D eigenvalue weighted by molar-refractivity contribution is -0.831. The molecule has 8 nitrogen and oxygen atoms in total. The normalized spacial score (nSPS) is 17.6. The first-order valence-corrected chi connectivity index (χ1v) is 6.70. The molecule has 0 radical (unpaired) electrons. The molecule has 1 unspecified atom stereocenters. The fourth-order valence-corrected chi connectivity index (χ4v) is 2.85. The number of quaternary nitrogens is 1. The van der Waals surface area contributed by atoms with Crippen molar-refractivity contribution >= 4 is 12.9 Å². The van der Waals surface area contributed by atoms with Gasteiger partial charge in [-0.3, -0.25) is 14.1 Å². The maximum Gasteiger partial charge on any atom is 0.779 e. The largest absolute Gasteiger partial charge is 0.779 e. The van der Waals surface area contributed by atoms with Gasteiger partial charge in [0.2, 0.25) is 0 Å². The number of aromatic amines is 1. The van der Waals surface area contributed by atoms with Crippen LogP contribution in [0.2, 0.25) is 0 Å². The van der Waals surface area contributed by atoms with Gasteiger partial charge in [0.05, 0.1) is 18.6 Å². The highest BCUT2D eigenvalue weighted by molar-refractivity contribution is 6.59. The summed E-state index contributed by atoms with van der Waals surface area (Å²) in [5, 5.41) is 16.7. The van der Waals surface area contributed by atoms with Crippen LogP contribution in [0.5, 0.6) is 0 Å². The number of nitrogens with zero attached hydrogens (tertiary/aromatic N) is 6. The Balaban J connectivity index is 2.04. The summed E-state index contributed by atoms with van der Waals surface area (Å²) in [5.74, 6) is 0. The van der Waals surface area contributed by atoms with Gasteiger partial charge in [-0.1, -0.05) is 0 Å². The number of nitrogens with one attached hydrogen (secondary N) is 2. The Morgan fingerprint density at radius 2 is 1.81 bits per heavy atom. The van der Waals surface area contributed by atoms with Gasteiger partial charge in [-0.25, -0.2) is 19.9 Å². The number of aromatic nitrogens is 6. The minimum Gasteiger partial charge on any atom is -0.290 e. The minimum atomic E-state index is -1.69. The molecule has 0 amide bonds. The number of hydrogen-bond acceptors (Lipinski definition) is 3. The van der Waals surface area contributed by atoms with E-state index < -0.39 is 6.69 Å². The van der Waals surface area contributed by atoms with Crippen molar-refractivity contribution in [1.82, 2.24) is 24.5 Å². The molecule has 1 aliphatic rings. The highest BCUT2D eigenvalue weighted by atomic mass is 15.6. The zero-order valence-electron chi connectivity index (χ0n) is 11.2. The molecule has 1 atom stereocenters. The fraction of sp³-hybridized carbons (Fsp3) is 0. The van der Waals surface area contributed by atoms with Crippen LogP contribution in [0, 0.1) is 0 Å². The van der Waals surface area contributed by atoms with Gasteiger partial charge in [-0.2, -0.15) is 0 Å². The number of allylic oxidation sites excluding steroid dienone is 1. The smallest absolute Gasteiger partial charge is 0.290 e. The van der Waals surface area contributed by atoms with Crippen molar-refractivity contribution in [1.29, 1.82) is 0 Å². The van der Waals surface area contributed by atoms with E-state index in [1.165, 1.54) is 0 Å². The van der Waals surface area contributed by atoms with Crippen molar-refractivity contribution in [3.05, 3.63) is 67.7 Å². The summed E-state index contributed by atoms with van der Waals surface area (Å²) in [6, 6.07) is 5.73. The van der Waals surface area contributed by atoms with Crippen molar-refractivity contribution in [3.63, 3.8) is 0 Å². The van der Waals surface area contributed by atoms with Gasteiger partial charge in [0, 0.05) is 24.5 Å². The standard InChI is InChI=1S/C12H14BN8/c1-5-14-18(9-1)13(19-10-2-6-15-19,20-11-3-7-16-20)21-12-4-8-17-21/h1-12,14,19H/q+1. The molecule has 4 rings (SSSR count). The Morgan fingerprint density at radius 3 is 2.29 bits per heavy atom. The number of H-pyrrole nitrogens is 1. The number of rotatable bonds is 4. The highest BCUT2D eigenvalue weighted by Gasteiger charge is 2.61. The molecule has 0 aliphatic carbocycles. The van der Waals surface area contributed by atoms with Crippen LogP contribution in [0.15, 0.2) is 72.8 Å². The molecule has 4 heterocycles. The summed E-state index contributed by atoms with van der Waals surface area (Å²) >= 11 is 0. The van der Waals surface area contributed by atoms with Gasteiger partial charge >= 0.3 is 6.69 Å². The molecule has 3 aromatic rings. The second-order valence-corrected chi connectivity index (χ2v) is 4.81. The third kappa shape index (κ3) is 1.61. The summed E-state index contributed by atoms with van der Waals surface area (Å²) in [6.45, 7) is -1.69. The van der Waals surface area contributed by atoms with Gasteiger partial charge < -0.3 is 0 Å². The first-order chi connectivity index (χ1) is 10.4. The molecule has 0 saturated heterocycles. The summed E-state index contributed by atoms with van der Waals surface area (Å²) < 4.78 is 5.74. The molecular weight excluding hydrogens is 267 g/mol. The van der Waals surface area contributed by atoms with E-state index in [2.05, 4.69) is 20.4 Å². The lowest BCUT2D eigenvalue weighted by Gasteiger charge is -2.31. The van der Waals surface area contributed by atoms with Crippen molar-refractivity contribution in [3.8, 4) is 0 Å². The van der Waals surface area contributed by atoms with Gasteiger partial charge in [0.15, 0.2) is 0 Å². The Morgan fingerprint density at radius 1 is 1.05 bits per heavy atom. The molecule has 0 bridgehead atoms. The number of hydrogen-bond donors (Lipinski definition) is 2. The average molecular weight is 281 g/mol. The molecule has 0 fully saturated rings. The predicted octanol–water partition coefficient (Wildman–Crippen LogP) is -1.53. The summed E-state index contributed by atoms with van der Waals surface area (Å²) in [5.41, 5.74) is 0. The van der Waals surface area contributed by atoms with Gasteiger partial charge in [-0.15, -0.1) is 5.10 Å². The van der Waals surface area contributed by atoms with Gasteiger partial charge in [-0.05, 0) is 24.5 Å². The fourth-order valence-electron chi connectivity index (χ4n) is 2.85. The lowest BCUT2D eigenvalue weighted by Crippen LogP contribution is -3.24. The highest BCUT2D eigenvalue weighted by Crippen LogP contribution is 2.00. The van der Waals surface area contributed by atoms with E-state index in [4.69, 9.17) is 0 Å². The Bertz CT molecular complexity index is 660. The van der Waals surface area contributed by atoms with Crippen LogP contribution in [0.25, 0.3) is 0 Å². The van der Waals surface area contributed by atoms with Crippen LogP contribution in [0.1, 0.15) is 0 Å². The molecule has 104 valence electrons. The van der Waals surface area contributed by atoms with Gasteiger partial charge in [0.1, 0.15) is 6.20 Å². The topological polar surface area (TPSA) is 72.1 Å². The second kappa shape index (κ2) is 4.56. The first-order valence-electron chi connectivity index (χ1n) is 6.70. The van der Waals surface area contributed by atoms with E-state index in [1.54, 1.807) is 18.6 Å². The second-order valence-electron chi connectivity index (χ2n) is 4.81. The van der Waals surface area contributed by atoms with Crippen molar-refractivity contribution in [2.75, 3.05) is 0 Å². The van der Waals surface area contributed by atoms with E-state index in [0.717, 1.165) is 4.92 Å². The summed E-state index contributed by atoms with van der Waals surface area (Å²) in [6.07, 6.45) is 16.9. The van der Waals surface area contributed by atoms with E-state index in [-0.39, 0.29) is 0 Å². The summed E-state index contributed by atoms with van der Waals surface area (Å²) in [7, 11) is 0. The quantitative estimate of drug-likeness (QED) is 0.570. The summed E-state index contributed by atoms with van der Waals surface area (Å²) in [4.78, 5) is 0.870. The molecular formula is C12H14BN8+. The molecule has 2 N–H and O–H groups in total. The van der Waals surface area contributed by atoms with Gasteiger partial charge in [0.25, 0.3) is 0 Å². The van der Waals surface area contributed by atoms with Crippen molar-refractivity contribution in [2.24, 2.45) is 5.10 Å². The van der Waals surface area contributed by atoms with Crippen LogP contribution in [-0.4, -0.2) is 37.4 Å². The molecule has 0 saturated carbocycles. The molecule has 1 aliphatic heterocycles. The molecule has 0 spiro atoms. The van der Waals surface area contributed by atoms with Crippen LogP contribution < -0.4 is 9.51 Å². The monoisotopic (exact) mass is 281 g/mol. The van der Waals surface area contributed by atoms with E-state index in [1.807, 2.05) is 69.0 Å². The van der Waals surface area contributed by atoms with Crippen LogP contribution >= 0.6 is 0 Å². The van der Waals surface area contributed by atoms with E-state index in [9.17, 15) is 0 Å². The Hall–Kier alpha value is -2.94. The van der Waals surface area contributed by atoms with E-state index >= 15 is 0 Å². The third-order valence-corrected chi connectivity index (χ3v) is 3.72. The maximum absolute atomic E-state index is 4.52. The average Bonchev–Trinajstić information content (AvgIpc) is 3.32.